The van der Waals surface area contributed by atoms with E-state index >= 15 is 0 Å². The third kappa shape index (κ3) is 8.58. The molecule has 0 aliphatic carbocycles. The van der Waals surface area contributed by atoms with Crippen LogP contribution < -0.4 is 0 Å². The van der Waals surface area contributed by atoms with Crippen LogP contribution in [0.1, 0.15) is 40.0 Å². The number of hydrogen-bond acceptors (Lipinski definition) is 3. The molecule has 17 heavy (non-hydrogen) atoms. The lowest BCUT2D eigenvalue weighted by atomic mass is 10.1. The molecule has 0 aliphatic rings. The van der Waals surface area contributed by atoms with E-state index in [1.165, 1.54) is 4.90 Å². The maximum atomic E-state index is 11.6. The Morgan fingerprint density at radius 1 is 1.53 bits per heavy atom. The highest BCUT2D eigenvalue weighted by atomic mass is 16.6. The maximum absolute atomic E-state index is 11.6. The topological polar surface area (TPSA) is 49.8 Å². The van der Waals surface area contributed by atoms with Gasteiger partial charge in [-0.15, -0.1) is 12.3 Å². The molecular formula is C13H23NO3. The van der Waals surface area contributed by atoms with Gasteiger partial charge in [0.25, 0.3) is 0 Å². The minimum absolute atomic E-state index is 0.344. The molecule has 0 spiro atoms. The second-order valence-electron chi connectivity index (χ2n) is 5.11. The number of carbonyl (C=O) groups is 1. The van der Waals surface area contributed by atoms with Crippen molar-refractivity contribution in [2.24, 2.45) is 0 Å². The van der Waals surface area contributed by atoms with Crippen molar-refractivity contribution in [1.29, 1.82) is 0 Å². The van der Waals surface area contributed by atoms with Crippen molar-refractivity contribution in [2.45, 2.75) is 51.7 Å². The van der Waals surface area contributed by atoms with Crippen molar-refractivity contribution >= 4 is 6.09 Å². The highest BCUT2D eigenvalue weighted by molar-refractivity contribution is 5.67. The fourth-order valence-electron chi connectivity index (χ4n) is 1.23. The Bertz CT molecular complexity index is 275. The quantitative estimate of drug-likeness (QED) is 0.749. The summed E-state index contributed by atoms with van der Waals surface area (Å²) < 4.78 is 5.20. The lowest BCUT2D eigenvalue weighted by Crippen LogP contribution is -2.34. The van der Waals surface area contributed by atoms with Crippen LogP contribution in [0.2, 0.25) is 0 Å². The molecule has 1 amide bonds. The first-order chi connectivity index (χ1) is 7.76. The van der Waals surface area contributed by atoms with E-state index in [9.17, 15) is 9.90 Å². The van der Waals surface area contributed by atoms with Gasteiger partial charge in [-0.25, -0.2) is 4.79 Å². The highest BCUT2D eigenvalue weighted by Gasteiger charge is 2.19. The zero-order valence-corrected chi connectivity index (χ0v) is 11.2. The Morgan fingerprint density at radius 2 is 2.12 bits per heavy atom. The van der Waals surface area contributed by atoms with E-state index in [0.717, 1.165) is 0 Å². The van der Waals surface area contributed by atoms with Crippen molar-refractivity contribution in [2.75, 3.05) is 13.6 Å². The molecule has 0 saturated carbocycles. The van der Waals surface area contributed by atoms with Gasteiger partial charge < -0.3 is 14.7 Å². The second-order valence-corrected chi connectivity index (χ2v) is 5.11. The van der Waals surface area contributed by atoms with Crippen LogP contribution in [0.4, 0.5) is 4.79 Å². The number of ether oxygens (including phenoxy) is 1. The minimum Gasteiger partial charge on any atom is -0.444 e. The number of aliphatic hydroxyl groups is 1. The molecule has 0 heterocycles. The molecule has 0 radical (unpaired) electrons. The van der Waals surface area contributed by atoms with Gasteiger partial charge in [0.1, 0.15) is 5.60 Å². The van der Waals surface area contributed by atoms with Crippen LogP contribution in [0.15, 0.2) is 0 Å². The van der Waals surface area contributed by atoms with E-state index in [2.05, 4.69) is 5.92 Å². The van der Waals surface area contributed by atoms with Gasteiger partial charge in [0.2, 0.25) is 0 Å². The van der Waals surface area contributed by atoms with Crippen LogP contribution in [-0.2, 0) is 4.74 Å². The maximum Gasteiger partial charge on any atom is 0.410 e. The van der Waals surface area contributed by atoms with E-state index in [4.69, 9.17) is 11.2 Å². The van der Waals surface area contributed by atoms with Gasteiger partial charge in [-0.05, 0) is 33.6 Å². The van der Waals surface area contributed by atoms with Gasteiger partial charge in [-0.2, -0.15) is 0 Å². The standard InChI is InChI=1S/C13H23NO3/c1-6-8-11(15)9-7-10-14(5)12(16)17-13(2,3)4/h1,11,15H,7-10H2,2-5H3. The van der Waals surface area contributed by atoms with Gasteiger partial charge in [0.05, 0.1) is 6.10 Å². The summed E-state index contributed by atoms with van der Waals surface area (Å²) in [6.45, 7) is 6.04. The second kappa shape index (κ2) is 7.18. The summed E-state index contributed by atoms with van der Waals surface area (Å²) >= 11 is 0. The van der Waals surface area contributed by atoms with Crippen molar-refractivity contribution in [1.82, 2.24) is 4.90 Å². The highest BCUT2D eigenvalue weighted by Crippen LogP contribution is 2.10. The molecule has 0 aromatic carbocycles. The lowest BCUT2D eigenvalue weighted by molar-refractivity contribution is 0.0289. The molecule has 0 aliphatic heterocycles. The predicted molar refractivity (Wildman–Crippen MR) is 67.6 cm³/mol. The zero-order chi connectivity index (χ0) is 13.5. The molecule has 98 valence electrons. The molecule has 0 aromatic rings. The summed E-state index contributed by atoms with van der Waals surface area (Å²) in [6, 6.07) is 0. The molecule has 0 bridgehead atoms. The molecule has 4 heteroatoms. The lowest BCUT2D eigenvalue weighted by Gasteiger charge is -2.24. The Balaban J connectivity index is 3.83. The molecule has 0 saturated heterocycles. The summed E-state index contributed by atoms with van der Waals surface area (Å²) in [7, 11) is 1.68. The Hall–Kier alpha value is -1.21. The fraction of sp³-hybridized carbons (Fsp3) is 0.769. The summed E-state index contributed by atoms with van der Waals surface area (Å²) in [5.41, 5.74) is -0.478. The molecule has 0 rings (SSSR count). The number of amides is 1. The largest absolute Gasteiger partial charge is 0.444 e. The van der Waals surface area contributed by atoms with E-state index in [0.29, 0.717) is 25.8 Å². The number of nitrogens with zero attached hydrogens (tertiary/aromatic N) is 1. The van der Waals surface area contributed by atoms with Gasteiger partial charge in [-0.1, -0.05) is 0 Å². The molecular weight excluding hydrogens is 218 g/mol. The average Bonchev–Trinajstić information content (AvgIpc) is 2.15. The van der Waals surface area contributed by atoms with Crippen molar-refractivity contribution in [3.8, 4) is 12.3 Å². The van der Waals surface area contributed by atoms with Crippen LogP contribution in [0, 0.1) is 12.3 Å². The summed E-state index contributed by atoms with van der Waals surface area (Å²) in [5.74, 6) is 2.40. The van der Waals surface area contributed by atoms with Gasteiger partial charge in [0, 0.05) is 20.0 Å². The summed E-state index contributed by atoms with van der Waals surface area (Å²) in [6.07, 6.45) is 5.92. The number of terminal acetylenes is 1. The Kier molecular flexibility index (Phi) is 6.67. The monoisotopic (exact) mass is 241 g/mol. The van der Waals surface area contributed by atoms with Crippen LogP contribution in [-0.4, -0.2) is 41.4 Å². The summed E-state index contributed by atoms with van der Waals surface area (Å²) in [5, 5.41) is 9.41. The first-order valence-corrected chi connectivity index (χ1v) is 5.82. The molecule has 1 unspecified atom stereocenters. The molecule has 1 N–H and O–H groups in total. The van der Waals surface area contributed by atoms with E-state index < -0.39 is 11.7 Å². The average molecular weight is 241 g/mol. The number of carbonyl (C=O) groups excluding carboxylic acids is 1. The fourth-order valence-corrected chi connectivity index (χ4v) is 1.23. The molecule has 0 aromatic heterocycles. The number of hydrogen-bond donors (Lipinski definition) is 1. The summed E-state index contributed by atoms with van der Waals surface area (Å²) in [4.78, 5) is 13.1. The van der Waals surface area contributed by atoms with Crippen LogP contribution in [0.5, 0.6) is 0 Å². The third-order valence-corrected chi connectivity index (χ3v) is 2.09. The SMILES string of the molecule is C#CCC(O)CCCN(C)C(=O)OC(C)(C)C. The van der Waals surface area contributed by atoms with E-state index in [-0.39, 0.29) is 6.09 Å². The van der Waals surface area contributed by atoms with Gasteiger partial charge in [-0.3, -0.25) is 0 Å². The van der Waals surface area contributed by atoms with Crippen LogP contribution in [0.25, 0.3) is 0 Å². The molecule has 1 atom stereocenters. The third-order valence-electron chi connectivity index (χ3n) is 2.09. The van der Waals surface area contributed by atoms with Gasteiger partial charge in [0.15, 0.2) is 0 Å². The van der Waals surface area contributed by atoms with Crippen molar-refractivity contribution in [3.63, 3.8) is 0 Å². The normalized spacial score (nSPS) is 12.7. The molecule has 4 nitrogen and oxygen atoms in total. The van der Waals surface area contributed by atoms with E-state index in [1.54, 1.807) is 7.05 Å². The van der Waals surface area contributed by atoms with E-state index in [1.807, 2.05) is 20.8 Å². The Morgan fingerprint density at radius 3 is 2.59 bits per heavy atom. The molecule has 0 fully saturated rings. The Labute approximate surface area is 104 Å². The van der Waals surface area contributed by atoms with Crippen LogP contribution >= 0.6 is 0 Å². The van der Waals surface area contributed by atoms with Crippen LogP contribution in [0.3, 0.4) is 0 Å². The van der Waals surface area contributed by atoms with Crippen molar-refractivity contribution in [3.05, 3.63) is 0 Å². The van der Waals surface area contributed by atoms with Crippen molar-refractivity contribution < 1.29 is 14.6 Å². The zero-order valence-electron chi connectivity index (χ0n) is 11.2. The number of rotatable bonds is 5. The first kappa shape index (κ1) is 15.8. The van der Waals surface area contributed by atoms with Gasteiger partial charge >= 0.3 is 6.09 Å². The minimum atomic E-state index is -0.480. The smallest absolute Gasteiger partial charge is 0.410 e. The first-order valence-electron chi connectivity index (χ1n) is 5.82. The number of aliphatic hydroxyl groups excluding tert-OH is 1. The predicted octanol–water partition coefficient (Wildman–Crippen LogP) is 2.02.